The van der Waals surface area contributed by atoms with Gasteiger partial charge in [0.1, 0.15) is 5.69 Å². The molecular formula is C22H19ClN4O2. The van der Waals surface area contributed by atoms with Gasteiger partial charge in [0.15, 0.2) is 5.82 Å². The van der Waals surface area contributed by atoms with Crippen LogP contribution in [0.4, 0.5) is 0 Å². The molecule has 29 heavy (non-hydrogen) atoms. The molecule has 2 aromatic heterocycles. The monoisotopic (exact) mass is 406 g/mol. The molecule has 2 aromatic carbocycles. The fourth-order valence-electron chi connectivity index (χ4n) is 3.83. The van der Waals surface area contributed by atoms with Gasteiger partial charge in [-0.25, -0.2) is 0 Å². The van der Waals surface area contributed by atoms with Crippen molar-refractivity contribution >= 4 is 28.4 Å². The van der Waals surface area contributed by atoms with Crippen molar-refractivity contribution in [3.05, 3.63) is 71.1 Å². The number of rotatable bonds is 3. The van der Waals surface area contributed by atoms with Crippen molar-refractivity contribution in [3.63, 3.8) is 0 Å². The first kappa shape index (κ1) is 17.9. The quantitative estimate of drug-likeness (QED) is 0.525. The number of piperidine rings is 1. The molecule has 0 spiro atoms. The first-order valence-corrected chi connectivity index (χ1v) is 10.0. The Morgan fingerprint density at radius 3 is 2.69 bits per heavy atom. The van der Waals surface area contributed by atoms with Crippen LogP contribution in [-0.2, 0) is 0 Å². The van der Waals surface area contributed by atoms with Gasteiger partial charge in [-0.3, -0.25) is 4.79 Å². The molecule has 1 aliphatic heterocycles. The number of fused-ring (bicyclic) bond motifs is 1. The van der Waals surface area contributed by atoms with Gasteiger partial charge in [-0.1, -0.05) is 35.0 Å². The van der Waals surface area contributed by atoms with Crippen molar-refractivity contribution in [2.24, 2.45) is 0 Å². The topological polar surface area (TPSA) is 75.0 Å². The Balaban J connectivity index is 1.26. The average molecular weight is 407 g/mol. The van der Waals surface area contributed by atoms with Crippen LogP contribution in [0.5, 0.6) is 0 Å². The molecule has 0 bridgehead atoms. The highest BCUT2D eigenvalue weighted by molar-refractivity contribution is 6.31. The van der Waals surface area contributed by atoms with Crippen LogP contribution in [0, 0.1) is 0 Å². The van der Waals surface area contributed by atoms with Crippen molar-refractivity contribution in [3.8, 4) is 11.5 Å². The van der Waals surface area contributed by atoms with Gasteiger partial charge in [-0.15, -0.1) is 0 Å². The molecule has 0 radical (unpaired) electrons. The molecule has 7 heteroatoms. The SMILES string of the molecule is O=C(c1cc2cc(Cl)ccc2[nH]1)N1CCC(c2noc(-c3ccccc3)n2)CC1. The Kier molecular flexibility index (Phi) is 4.56. The molecule has 6 nitrogen and oxygen atoms in total. The predicted molar refractivity (Wildman–Crippen MR) is 111 cm³/mol. The third kappa shape index (κ3) is 3.51. The van der Waals surface area contributed by atoms with Crippen LogP contribution in [-0.4, -0.2) is 39.0 Å². The summed E-state index contributed by atoms with van der Waals surface area (Å²) in [5, 5.41) is 5.77. The van der Waals surface area contributed by atoms with Gasteiger partial charge >= 0.3 is 0 Å². The number of likely N-dealkylation sites (tertiary alicyclic amines) is 1. The molecule has 0 saturated carbocycles. The van der Waals surface area contributed by atoms with Crippen LogP contribution < -0.4 is 0 Å². The lowest BCUT2D eigenvalue weighted by molar-refractivity contribution is 0.0705. The standard InChI is InChI=1S/C22H19ClN4O2/c23-17-6-7-18-16(12-17)13-19(24-18)22(28)27-10-8-14(9-11-27)20-25-21(29-26-20)15-4-2-1-3-5-15/h1-7,12-14,24H,8-11H2. The number of nitrogens with zero attached hydrogens (tertiary/aromatic N) is 3. The van der Waals surface area contributed by atoms with E-state index in [1.165, 1.54) is 0 Å². The summed E-state index contributed by atoms with van der Waals surface area (Å²) in [7, 11) is 0. The number of halogens is 1. The minimum atomic E-state index is 0.00820. The normalized spacial score (nSPS) is 15.1. The van der Waals surface area contributed by atoms with E-state index in [2.05, 4.69) is 15.1 Å². The van der Waals surface area contributed by atoms with E-state index in [-0.39, 0.29) is 11.8 Å². The number of carbonyl (C=O) groups is 1. The van der Waals surface area contributed by atoms with Crippen LogP contribution in [0.15, 0.2) is 59.1 Å². The number of amides is 1. The highest BCUT2D eigenvalue weighted by atomic mass is 35.5. The lowest BCUT2D eigenvalue weighted by Gasteiger charge is -2.30. The number of benzene rings is 2. The molecule has 146 valence electrons. The number of carbonyl (C=O) groups excluding carboxylic acids is 1. The van der Waals surface area contributed by atoms with Crippen LogP contribution in [0.25, 0.3) is 22.4 Å². The van der Waals surface area contributed by atoms with Crippen molar-refractivity contribution in [2.75, 3.05) is 13.1 Å². The Morgan fingerprint density at radius 1 is 1.10 bits per heavy atom. The highest BCUT2D eigenvalue weighted by Gasteiger charge is 2.28. The number of aromatic nitrogens is 3. The number of hydrogen-bond acceptors (Lipinski definition) is 4. The maximum absolute atomic E-state index is 12.9. The number of H-pyrrole nitrogens is 1. The molecule has 1 amide bonds. The van der Waals surface area contributed by atoms with Crippen LogP contribution >= 0.6 is 11.6 Å². The maximum atomic E-state index is 12.9. The van der Waals surface area contributed by atoms with Gasteiger partial charge in [-0.05, 0) is 49.2 Å². The molecule has 1 N–H and O–H groups in total. The lowest BCUT2D eigenvalue weighted by Crippen LogP contribution is -2.38. The smallest absolute Gasteiger partial charge is 0.270 e. The fourth-order valence-corrected chi connectivity index (χ4v) is 4.01. The van der Waals surface area contributed by atoms with Gasteiger partial charge in [0.25, 0.3) is 11.8 Å². The summed E-state index contributed by atoms with van der Waals surface area (Å²) in [5.74, 6) is 1.46. The van der Waals surface area contributed by atoms with Crippen molar-refractivity contribution in [1.29, 1.82) is 0 Å². The number of hydrogen-bond donors (Lipinski definition) is 1. The molecule has 5 rings (SSSR count). The Labute approximate surface area is 172 Å². The van der Waals surface area contributed by atoms with Gasteiger partial charge in [0, 0.05) is 40.5 Å². The van der Waals surface area contributed by atoms with Crippen LogP contribution in [0.2, 0.25) is 5.02 Å². The molecular weight excluding hydrogens is 388 g/mol. The zero-order valence-corrected chi connectivity index (χ0v) is 16.4. The van der Waals surface area contributed by atoms with E-state index in [9.17, 15) is 4.79 Å². The molecule has 3 heterocycles. The van der Waals surface area contributed by atoms with E-state index in [1.807, 2.05) is 59.5 Å². The summed E-state index contributed by atoms with van der Waals surface area (Å²) in [6.07, 6.45) is 1.62. The van der Waals surface area contributed by atoms with E-state index in [0.29, 0.717) is 29.7 Å². The van der Waals surface area contributed by atoms with E-state index in [1.54, 1.807) is 0 Å². The first-order valence-electron chi connectivity index (χ1n) is 9.64. The Hall–Kier alpha value is -3.12. The van der Waals surface area contributed by atoms with Gasteiger partial charge in [0.05, 0.1) is 0 Å². The summed E-state index contributed by atoms with van der Waals surface area (Å²) in [6, 6.07) is 17.2. The number of nitrogens with one attached hydrogen (secondary N) is 1. The third-order valence-corrected chi connectivity index (χ3v) is 5.66. The molecule has 0 unspecified atom stereocenters. The second-order valence-electron chi connectivity index (χ2n) is 7.30. The molecule has 0 aliphatic carbocycles. The van der Waals surface area contributed by atoms with Crippen molar-refractivity contribution < 1.29 is 9.32 Å². The van der Waals surface area contributed by atoms with E-state index in [4.69, 9.17) is 16.1 Å². The molecule has 1 aliphatic rings. The van der Waals surface area contributed by atoms with E-state index >= 15 is 0 Å². The van der Waals surface area contributed by atoms with Crippen molar-refractivity contribution in [1.82, 2.24) is 20.0 Å². The van der Waals surface area contributed by atoms with E-state index < -0.39 is 0 Å². The summed E-state index contributed by atoms with van der Waals surface area (Å²) in [4.78, 5) is 22.5. The first-order chi connectivity index (χ1) is 14.2. The lowest BCUT2D eigenvalue weighted by atomic mass is 9.96. The van der Waals surface area contributed by atoms with E-state index in [0.717, 1.165) is 35.1 Å². The van der Waals surface area contributed by atoms with Gasteiger partial charge < -0.3 is 14.4 Å². The Bertz CT molecular complexity index is 1160. The van der Waals surface area contributed by atoms with Crippen LogP contribution in [0.1, 0.15) is 35.1 Å². The average Bonchev–Trinajstić information content (AvgIpc) is 3.41. The molecule has 1 fully saturated rings. The minimum absolute atomic E-state index is 0.00820. The van der Waals surface area contributed by atoms with Gasteiger partial charge in [-0.2, -0.15) is 4.98 Å². The van der Waals surface area contributed by atoms with Gasteiger partial charge in [0.2, 0.25) is 0 Å². The zero-order valence-electron chi connectivity index (χ0n) is 15.6. The second kappa shape index (κ2) is 7.37. The second-order valence-corrected chi connectivity index (χ2v) is 7.74. The van der Waals surface area contributed by atoms with Crippen LogP contribution in [0.3, 0.4) is 0 Å². The largest absolute Gasteiger partial charge is 0.351 e. The maximum Gasteiger partial charge on any atom is 0.270 e. The molecule has 4 aromatic rings. The molecule has 1 saturated heterocycles. The predicted octanol–water partition coefficient (Wildman–Crippen LogP) is 4.89. The fraction of sp³-hybridized carbons (Fsp3) is 0.227. The van der Waals surface area contributed by atoms with Crippen molar-refractivity contribution in [2.45, 2.75) is 18.8 Å². The third-order valence-electron chi connectivity index (χ3n) is 5.42. The molecule has 0 atom stereocenters. The zero-order chi connectivity index (χ0) is 19.8. The summed E-state index contributed by atoms with van der Waals surface area (Å²) < 4.78 is 5.43. The number of aromatic amines is 1. The highest BCUT2D eigenvalue weighted by Crippen LogP contribution is 2.29. The summed E-state index contributed by atoms with van der Waals surface area (Å²) in [5.41, 5.74) is 2.41. The summed E-state index contributed by atoms with van der Waals surface area (Å²) in [6.45, 7) is 1.32. The Morgan fingerprint density at radius 2 is 1.90 bits per heavy atom. The summed E-state index contributed by atoms with van der Waals surface area (Å²) >= 11 is 6.04. The minimum Gasteiger partial charge on any atom is -0.351 e.